The van der Waals surface area contributed by atoms with Crippen molar-refractivity contribution < 1.29 is 0 Å². The Balaban J connectivity index is 2.08. The van der Waals surface area contributed by atoms with Gasteiger partial charge in [-0.3, -0.25) is 0 Å². The van der Waals surface area contributed by atoms with E-state index in [2.05, 4.69) is 34.2 Å². The van der Waals surface area contributed by atoms with Crippen molar-refractivity contribution in [1.29, 1.82) is 5.26 Å². The molecule has 2 N–H and O–H groups in total. The lowest BCUT2D eigenvalue weighted by Gasteiger charge is -2.12. The molecule has 19 heavy (non-hydrogen) atoms. The number of benzene rings is 1. The molecule has 1 aromatic carbocycles. The highest BCUT2D eigenvalue weighted by molar-refractivity contribution is 5.51. The molecule has 0 amide bonds. The van der Waals surface area contributed by atoms with Crippen LogP contribution in [0.4, 0.5) is 5.82 Å². The highest BCUT2D eigenvalue weighted by atomic mass is 15.0. The summed E-state index contributed by atoms with van der Waals surface area (Å²) in [6.45, 7) is 1.81. The molecule has 94 valence electrons. The van der Waals surface area contributed by atoms with E-state index < -0.39 is 0 Å². The van der Waals surface area contributed by atoms with Crippen molar-refractivity contribution in [3.63, 3.8) is 0 Å². The maximum Gasteiger partial charge on any atom is 0.145 e. The molecule has 1 aromatic heterocycles. The first-order valence-electron chi connectivity index (χ1n) is 6.32. The van der Waals surface area contributed by atoms with E-state index in [-0.39, 0.29) is 11.7 Å². The van der Waals surface area contributed by atoms with E-state index in [1.165, 1.54) is 11.1 Å². The molecule has 0 radical (unpaired) electrons. The normalized spacial score (nSPS) is 16.9. The number of aromatic nitrogens is 2. The Morgan fingerprint density at radius 2 is 2.11 bits per heavy atom. The van der Waals surface area contributed by atoms with Crippen molar-refractivity contribution in [2.45, 2.75) is 25.7 Å². The lowest BCUT2D eigenvalue weighted by atomic mass is 10.0. The molecule has 1 aliphatic carbocycles. The summed E-state index contributed by atoms with van der Waals surface area (Å²) in [5.41, 5.74) is 9.53. The number of nitrogens with two attached hydrogens (primary N) is 1. The summed E-state index contributed by atoms with van der Waals surface area (Å²) >= 11 is 0. The number of nitrogens with zero attached hydrogens (tertiary/aromatic N) is 3. The summed E-state index contributed by atoms with van der Waals surface area (Å²) in [4.78, 5) is 8.80. The van der Waals surface area contributed by atoms with Gasteiger partial charge in [-0.05, 0) is 30.9 Å². The zero-order valence-corrected chi connectivity index (χ0v) is 10.7. The molecule has 3 rings (SSSR count). The third-order valence-electron chi connectivity index (χ3n) is 3.69. The molecule has 0 spiro atoms. The predicted octanol–water partition coefficient (Wildman–Crippen LogP) is 2.32. The Morgan fingerprint density at radius 3 is 2.84 bits per heavy atom. The van der Waals surface area contributed by atoms with Crippen LogP contribution < -0.4 is 5.73 Å². The Morgan fingerprint density at radius 1 is 1.32 bits per heavy atom. The quantitative estimate of drug-likeness (QED) is 0.842. The largest absolute Gasteiger partial charge is 0.382 e. The van der Waals surface area contributed by atoms with E-state index in [1.54, 1.807) is 6.92 Å². The van der Waals surface area contributed by atoms with Gasteiger partial charge in [-0.2, -0.15) is 5.26 Å². The lowest BCUT2D eigenvalue weighted by Crippen LogP contribution is -2.09. The maximum atomic E-state index is 9.00. The summed E-state index contributed by atoms with van der Waals surface area (Å²) in [5.74, 6) is 1.22. The van der Waals surface area contributed by atoms with Gasteiger partial charge in [-0.15, -0.1) is 0 Å². The van der Waals surface area contributed by atoms with Crippen LogP contribution in [0.5, 0.6) is 0 Å². The summed E-state index contributed by atoms with van der Waals surface area (Å²) in [7, 11) is 0. The van der Waals surface area contributed by atoms with Gasteiger partial charge in [0.15, 0.2) is 0 Å². The topological polar surface area (TPSA) is 75.6 Å². The van der Waals surface area contributed by atoms with E-state index in [0.29, 0.717) is 11.3 Å². The number of anilines is 1. The molecular formula is C15H14N4. The first-order valence-corrected chi connectivity index (χ1v) is 6.32. The van der Waals surface area contributed by atoms with Crippen LogP contribution in [0, 0.1) is 18.3 Å². The van der Waals surface area contributed by atoms with Gasteiger partial charge in [-0.1, -0.05) is 24.3 Å². The number of hydrogen-bond donors (Lipinski definition) is 1. The summed E-state index contributed by atoms with van der Waals surface area (Å²) in [6.07, 6.45) is 2.05. The van der Waals surface area contributed by atoms with Crippen LogP contribution in [0.2, 0.25) is 0 Å². The smallest absolute Gasteiger partial charge is 0.145 e. The van der Waals surface area contributed by atoms with E-state index in [4.69, 9.17) is 11.0 Å². The van der Waals surface area contributed by atoms with Crippen LogP contribution in [0.15, 0.2) is 24.3 Å². The van der Waals surface area contributed by atoms with Crippen molar-refractivity contribution in [3.8, 4) is 6.07 Å². The molecular weight excluding hydrogens is 236 g/mol. The summed E-state index contributed by atoms with van der Waals surface area (Å²) in [6, 6.07) is 10.4. The number of nitriles is 1. The Bertz CT molecular complexity index is 662. The molecule has 0 aliphatic heterocycles. The van der Waals surface area contributed by atoms with Gasteiger partial charge in [-0.25, -0.2) is 9.97 Å². The SMILES string of the molecule is Cc1nc(C2CCc3ccccc32)nc(N)c1C#N. The molecule has 1 heterocycles. The van der Waals surface area contributed by atoms with Crippen molar-refractivity contribution >= 4 is 5.82 Å². The predicted molar refractivity (Wildman–Crippen MR) is 72.5 cm³/mol. The fourth-order valence-electron chi connectivity index (χ4n) is 2.74. The molecule has 4 nitrogen and oxygen atoms in total. The number of hydrogen-bond acceptors (Lipinski definition) is 4. The zero-order chi connectivity index (χ0) is 13.4. The van der Waals surface area contributed by atoms with E-state index in [0.717, 1.165) is 18.7 Å². The van der Waals surface area contributed by atoms with Crippen LogP contribution >= 0.6 is 0 Å². The fraction of sp³-hybridized carbons (Fsp3) is 0.267. The Labute approximate surface area is 111 Å². The van der Waals surface area contributed by atoms with Crippen LogP contribution in [0.3, 0.4) is 0 Å². The van der Waals surface area contributed by atoms with Gasteiger partial charge < -0.3 is 5.73 Å². The third kappa shape index (κ3) is 1.84. The number of rotatable bonds is 1. The van der Waals surface area contributed by atoms with Crippen molar-refractivity contribution in [3.05, 3.63) is 52.5 Å². The van der Waals surface area contributed by atoms with Crippen LogP contribution in [0.25, 0.3) is 0 Å². The number of aryl methyl sites for hydroxylation is 2. The minimum Gasteiger partial charge on any atom is -0.382 e. The van der Waals surface area contributed by atoms with Crippen LogP contribution in [0.1, 0.15) is 40.5 Å². The zero-order valence-electron chi connectivity index (χ0n) is 10.7. The van der Waals surface area contributed by atoms with Gasteiger partial charge in [0.2, 0.25) is 0 Å². The van der Waals surface area contributed by atoms with E-state index >= 15 is 0 Å². The average Bonchev–Trinajstić information content (AvgIpc) is 2.82. The van der Waals surface area contributed by atoms with Gasteiger partial charge in [0.05, 0.1) is 5.69 Å². The van der Waals surface area contributed by atoms with Crippen LogP contribution in [-0.4, -0.2) is 9.97 Å². The molecule has 0 fully saturated rings. The second kappa shape index (κ2) is 4.36. The Hall–Kier alpha value is -2.41. The monoisotopic (exact) mass is 250 g/mol. The Kier molecular flexibility index (Phi) is 2.68. The second-order valence-corrected chi connectivity index (χ2v) is 4.83. The molecule has 0 bridgehead atoms. The van der Waals surface area contributed by atoms with Gasteiger partial charge in [0.1, 0.15) is 23.3 Å². The molecule has 2 aromatic rings. The standard InChI is InChI=1S/C15H14N4/c1-9-13(8-16)14(17)19-15(18-9)12-7-6-10-4-2-3-5-11(10)12/h2-5,12H,6-7H2,1H3,(H2,17,18,19). The van der Waals surface area contributed by atoms with Crippen LogP contribution in [-0.2, 0) is 6.42 Å². The summed E-state index contributed by atoms with van der Waals surface area (Å²) < 4.78 is 0. The van der Waals surface area contributed by atoms with Gasteiger partial charge in [0, 0.05) is 5.92 Å². The van der Waals surface area contributed by atoms with Crippen molar-refractivity contribution in [1.82, 2.24) is 9.97 Å². The average molecular weight is 250 g/mol. The highest BCUT2D eigenvalue weighted by Crippen LogP contribution is 2.36. The van der Waals surface area contributed by atoms with E-state index in [1.807, 2.05) is 6.07 Å². The lowest BCUT2D eigenvalue weighted by molar-refractivity contribution is 0.725. The van der Waals surface area contributed by atoms with Gasteiger partial charge in [0.25, 0.3) is 0 Å². The highest BCUT2D eigenvalue weighted by Gasteiger charge is 2.26. The number of fused-ring (bicyclic) bond motifs is 1. The molecule has 1 unspecified atom stereocenters. The number of nitrogen functional groups attached to an aromatic ring is 1. The minimum absolute atomic E-state index is 0.199. The molecule has 1 atom stereocenters. The van der Waals surface area contributed by atoms with Crippen molar-refractivity contribution in [2.75, 3.05) is 5.73 Å². The molecule has 0 saturated heterocycles. The molecule has 1 aliphatic rings. The molecule has 4 heteroatoms. The first-order chi connectivity index (χ1) is 9.20. The van der Waals surface area contributed by atoms with Crippen molar-refractivity contribution in [2.24, 2.45) is 0 Å². The molecule has 0 saturated carbocycles. The first kappa shape index (κ1) is 11.7. The van der Waals surface area contributed by atoms with E-state index in [9.17, 15) is 0 Å². The summed E-state index contributed by atoms with van der Waals surface area (Å²) in [5, 5.41) is 9.00. The fourth-order valence-corrected chi connectivity index (χ4v) is 2.74. The minimum atomic E-state index is 0.199. The van der Waals surface area contributed by atoms with Gasteiger partial charge >= 0.3 is 0 Å². The maximum absolute atomic E-state index is 9.00. The third-order valence-corrected chi connectivity index (χ3v) is 3.69. The second-order valence-electron chi connectivity index (χ2n) is 4.83.